The maximum absolute atomic E-state index is 9.53. The monoisotopic (exact) mass is 260 g/mol. The molecular weight excluding hydrogens is 240 g/mol. The van der Waals surface area contributed by atoms with E-state index in [2.05, 4.69) is 22.4 Å². The third kappa shape index (κ3) is 2.62. The van der Waals surface area contributed by atoms with E-state index in [1.807, 2.05) is 28.8 Å². The molecule has 2 aromatic rings. The molecule has 19 heavy (non-hydrogen) atoms. The van der Waals surface area contributed by atoms with Crippen molar-refractivity contribution in [3.63, 3.8) is 0 Å². The summed E-state index contributed by atoms with van der Waals surface area (Å²) in [5.74, 6) is 0.946. The number of hydrogen-bond acceptors (Lipinski definition) is 4. The van der Waals surface area contributed by atoms with Gasteiger partial charge in [-0.25, -0.2) is 0 Å². The molecule has 0 radical (unpaired) electrons. The molecule has 0 saturated heterocycles. The van der Waals surface area contributed by atoms with Gasteiger partial charge in [-0.3, -0.25) is 4.40 Å². The summed E-state index contributed by atoms with van der Waals surface area (Å²) in [4.78, 5) is 0. The number of aromatic nitrogens is 3. The largest absolute Gasteiger partial charge is 0.393 e. The van der Waals surface area contributed by atoms with Crippen LogP contribution in [0.15, 0.2) is 24.4 Å². The fourth-order valence-corrected chi connectivity index (χ4v) is 2.83. The van der Waals surface area contributed by atoms with E-state index in [4.69, 9.17) is 0 Å². The first-order valence-electron chi connectivity index (χ1n) is 6.98. The Morgan fingerprint density at radius 2 is 2.05 bits per heavy atom. The van der Waals surface area contributed by atoms with E-state index < -0.39 is 0 Å². The molecule has 1 saturated carbocycles. The first kappa shape index (κ1) is 12.6. The van der Waals surface area contributed by atoms with Gasteiger partial charge in [0.2, 0.25) is 0 Å². The van der Waals surface area contributed by atoms with Gasteiger partial charge in [-0.05, 0) is 44.7 Å². The van der Waals surface area contributed by atoms with Crippen LogP contribution in [-0.4, -0.2) is 31.9 Å². The Bertz CT molecular complexity index is 545. The molecule has 1 unspecified atom stereocenters. The molecule has 0 aromatic carbocycles. The molecule has 2 heterocycles. The van der Waals surface area contributed by atoms with Crippen molar-refractivity contribution in [3.8, 4) is 0 Å². The Balaban J connectivity index is 1.71. The van der Waals surface area contributed by atoms with Crippen molar-refractivity contribution in [1.82, 2.24) is 19.9 Å². The summed E-state index contributed by atoms with van der Waals surface area (Å²) in [5, 5.41) is 21.6. The van der Waals surface area contributed by atoms with Gasteiger partial charge in [0.1, 0.15) is 0 Å². The van der Waals surface area contributed by atoms with Gasteiger partial charge in [0.15, 0.2) is 11.5 Å². The Hall–Kier alpha value is -1.46. The zero-order chi connectivity index (χ0) is 13.2. The molecule has 0 aliphatic heterocycles. The van der Waals surface area contributed by atoms with E-state index in [1.54, 1.807) is 0 Å². The molecule has 0 bridgehead atoms. The van der Waals surface area contributed by atoms with Gasteiger partial charge in [-0.2, -0.15) is 0 Å². The summed E-state index contributed by atoms with van der Waals surface area (Å²) >= 11 is 0. The van der Waals surface area contributed by atoms with Crippen LogP contribution in [-0.2, 0) is 0 Å². The van der Waals surface area contributed by atoms with Crippen molar-refractivity contribution in [1.29, 1.82) is 0 Å². The fraction of sp³-hybridized carbons (Fsp3) is 0.571. The molecule has 1 fully saturated rings. The fourth-order valence-electron chi connectivity index (χ4n) is 2.83. The standard InChI is InChI=1S/C14H20N4O/c1-10(15-11-5-7-12(19)8-6-11)14-17-16-13-4-2-3-9-18(13)14/h2-4,9-12,15,19H,5-8H2,1H3. The van der Waals surface area contributed by atoms with Gasteiger partial charge in [0.05, 0.1) is 12.1 Å². The van der Waals surface area contributed by atoms with Gasteiger partial charge in [0.25, 0.3) is 0 Å². The second kappa shape index (κ2) is 5.27. The predicted octanol–water partition coefficient (Wildman–Crippen LogP) is 1.68. The molecule has 1 aliphatic rings. The van der Waals surface area contributed by atoms with Gasteiger partial charge in [-0.15, -0.1) is 10.2 Å². The number of aliphatic hydroxyl groups excluding tert-OH is 1. The lowest BCUT2D eigenvalue weighted by Crippen LogP contribution is -2.36. The maximum Gasteiger partial charge on any atom is 0.160 e. The molecule has 2 aromatic heterocycles. The van der Waals surface area contributed by atoms with E-state index in [9.17, 15) is 5.11 Å². The zero-order valence-electron chi connectivity index (χ0n) is 11.2. The summed E-state index contributed by atoms with van der Waals surface area (Å²) in [6, 6.07) is 6.55. The second-order valence-corrected chi connectivity index (χ2v) is 5.38. The van der Waals surface area contributed by atoms with Crippen LogP contribution in [0, 0.1) is 0 Å². The first-order chi connectivity index (χ1) is 9.24. The summed E-state index contributed by atoms with van der Waals surface area (Å²) in [5.41, 5.74) is 0.880. The zero-order valence-corrected chi connectivity index (χ0v) is 11.2. The average Bonchev–Trinajstić information content (AvgIpc) is 2.85. The highest BCUT2D eigenvalue weighted by Crippen LogP contribution is 2.21. The highest BCUT2D eigenvalue weighted by Gasteiger charge is 2.22. The van der Waals surface area contributed by atoms with Crippen LogP contribution in [0.25, 0.3) is 5.65 Å². The van der Waals surface area contributed by atoms with Crippen molar-refractivity contribution in [2.75, 3.05) is 0 Å². The summed E-state index contributed by atoms with van der Waals surface area (Å²) in [6.07, 6.45) is 5.73. The number of pyridine rings is 1. The number of nitrogens with zero attached hydrogens (tertiary/aromatic N) is 3. The van der Waals surface area contributed by atoms with Gasteiger partial charge in [0, 0.05) is 12.2 Å². The number of nitrogens with one attached hydrogen (secondary N) is 1. The number of hydrogen-bond donors (Lipinski definition) is 2. The van der Waals surface area contributed by atoms with Crippen LogP contribution >= 0.6 is 0 Å². The van der Waals surface area contributed by atoms with Crippen molar-refractivity contribution in [3.05, 3.63) is 30.2 Å². The van der Waals surface area contributed by atoms with Crippen molar-refractivity contribution >= 4 is 5.65 Å². The van der Waals surface area contributed by atoms with E-state index in [-0.39, 0.29) is 12.1 Å². The molecule has 2 N–H and O–H groups in total. The smallest absolute Gasteiger partial charge is 0.160 e. The molecule has 1 atom stereocenters. The normalized spacial score (nSPS) is 25.6. The Kier molecular flexibility index (Phi) is 3.48. The summed E-state index contributed by atoms with van der Waals surface area (Å²) in [6.45, 7) is 2.12. The third-order valence-corrected chi connectivity index (χ3v) is 3.91. The van der Waals surface area contributed by atoms with Gasteiger partial charge < -0.3 is 10.4 Å². The topological polar surface area (TPSA) is 62.5 Å². The lowest BCUT2D eigenvalue weighted by Gasteiger charge is -2.28. The second-order valence-electron chi connectivity index (χ2n) is 5.38. The lowest BCUT2D eigenvalue weighted by atomic mass is 9.92. The molecule has 1 aliphatic carbocycles. The molecule has 5 heteroatoms. The molecule has 3 rings (SSSR count). The predicted molar refractivity (Wildman–Crippen MR) is 72.8 cm³/mol. The third-order valence-electron chi connectivity index (χ3n) is 3.91. The van der Waals surface area contributed by atoms with Crippen LogP contribution in [0.2, 0.25) is 0 Å². The van der Waals surface area contributed by atoms with E-state index >= 15 is 0 Å². The van der Waals surface area contributed by atoms with Crippen LogP contribution in [0.1, 0.15) is 44.5 Å². The van der Waals surface area contributed by atoms with Crippen molar-refractivity contribution in [2.45, 2.75) is 50.8 Å². The minimum Gasteiger partial charge on any atom is -0.393 e. The van der Waals surface area contributed by atoms with Crippen molar-refractivity contribution < 1.29 is 5.11 Å². The number of aliphatic hydroxyl groups is 1. The number of rotatable bonds is 3. The van der Waals surface area contributed by atoms with Gasteiger partial charge >= 0.3 is 0 Å². The van der Waals surface area contributed by atoms with Gasteiger partial charge in [-0.1, -0.05) is 6.07 Å². The highest BCUT2D eigenvalue weighted by atomic mass is 16.3. The Labute approximate surface area is 112 Å². The average molecular weight is 260 g/mol. The number of fused-ring (bicyclic) bond motifs is 1. The highest BCUT2D eigenvalue weighted by molar-refractivity contribution is 5.37. The van der Waals surface area contributed by atoms with Crippen LogP contribution in [0.3, 0.4) is 0 Å². The van der Waals surface area contributed by atoms with Crippen LogP contribution in [0.4, 0.5) is 0 Å². The Morgan fingerprint density at radius 3 is 2.84 bits per heavy atom. The summed E-state index contributed by atoms with van der Waals surface area (Å²) in [7, 11) is 0. The SMILES string of the molecule is CC(NC1CCC(O)CC1)c1nnc2ccccn12. The molecular formula is C14H20N4O. The lowest BCUT2D eigenvalue weighted by molar-refractivity contribution is 0.114. The minimum absolute atomic E-state index is 0.109. The van der Waals surface area contributed by atoms with Crippen molar-refractivity contribution in [2.24, 2.45) is 0 Å². The van der Waals surface area contributed by atoms with E-state index in [0.717, 1.165) is 37.2 Å². The van der Waals surface area contributed by atoms with E-state index in [0.29, 0.717) is 6.04 Å². The van der Waals surface area contributed by atoms with Crippen LogP contribution in [0.5, 0.6) is 0 Å². The Morgan fingerprint density at radius 1 is 1.26 bits per heavy atom. The van der Waals surface area contributed by atoms with Crippen LogP contribution < -0.4 is 5.32 Å². The molecule has 102 valence electrons. The maximum atomic E-state index is 9.53. The minimum atomic E-state index is -0.109. The first-order valence-corrected chi connectivity index (χ1v) is 6.98. The van der Waals surface area contributed by atoms with E-state index in [1.165, 1.54) is 0 Å². The molecule has 0 amide bonds. The molecule has 5 nitrogen and oxygen atoms in total. The quantitative estimate of drug-likeness (QED) is 0.881. The summed E-state index contributed by atoms with van der Waals surface area (Å²) < 4.78 is 2.02. The molecule has 0 spiro atoms.